The lowest BCUT2D eigenvalue weighted by Crippen LogP contribution is -2.37. The number of piperidine rings is 1. The van der Waals surface area contributed by atoms with Crippen LogP contribution < -0.4 is 4.90 Å². The summed E-state index contributed by atoms with van der Waals surface area (Å²) < 4.78 is 15.7. The average molecular weight is 521 g/mol. The van der Waals surface area contributed by atoms with Gasteiger partial charge in [-0.2, -0.15) is 0 Å². The number of fused-ring (bicyclic) bond motifs is 1. The van der Waals surface area contributed by atoms with Gasteiger partial charge in [-0.05, 0) is 72.7 Å². The smallest absolute Gasteiger partial charge is 0.222 e. The number of thiazole rings is 1. The third-order valence-electron chi connectivity index (χ3n) is 7.39. The van der Waals surface area contributed by atoms with E-state index in [0.717, 1.165) is 59.3 Å². The molecule has 0 unspecified atom stereocenters. The van der Waals surface area contributed by atoms with Crippen LogP contribution in [0.1, 0.15) is 55.0 Å². The number of pyridine rings is 1. The fraction of sp³-hybridized carbons (Fsp3) is 0.379. The summed E-state index contributed by atoms with van der Waals surface area (Å²) in [5.41, 5.74) is 5.09. The van der Waals surface area contributed by atoms with Crippen LogP contribution in [0.2, 0.25) is 0 Å². The Kier molecular flexibility index (Phi) is 7.31. The van der Waals surface area contributed by atoms with Gasteiger partial charge in [-0.1, -0.05) is 31.3 Å². The SMILES string of the molecule is CCC(=O)N1CCC(c2ccc3cc(CC)c(N(C)c4nc(-c5ccc(F)cc5)c(CO)s4)n3c2)CC1. The van der Waals surface area contributed by atoms with Crippen molar-refractivity contribution in [2.24, 2.45) is 0 Å². The van der Waals surface area contributed by atoms with Gasteiger partial charge in [0.15, 0.2) is 5.13 Å². The summed E-state index contributed by atoms with van der Waals surface area (Å²) in [5.74, 6) is 1.41. The first-order valence-electron chi connectivity index (χ1n) is 12.9. The number of carbonyl (C=O) groups is 1. The predicted octanol–water partition coefficient (Wildman–Crippen LogP) is 6.14. The Morgan fingerprint density at radius 2 is 1.89 bits per heavy atom. The van der Waals surface area contributed by atoms with Gasteiger partial charge < -0.3 is 19.3 Å². The zero-order valence-corrected chi connectivity index (χ0v) is 22.4. The Bertz CT molecular complexity index is 1400. The molecular formula is C29H33FN4O2S. The zero-order valence-electron chi connectivity index (χ0n) is 21.6. The van der Waals surface area contributed by atoms with Crippen LogP contribution in [0.25, 0.3) is 16.8 Å². The Hall–Kier alpha value is -3.23. The molecule has 1 aliphatic heterocycles. The van der Waals surface area contributed by atoms with E-state index in [9.17, 15) is 14.3 Å². The average Bonchev–Trinajstić information content (AvgIpc) is 3.54. The minimum Gasteiger partial charge on any atom is -0.391 e. The van der Waals surface area contributed by atoms with Crippen molar-refractivity contribution in [3.63, 3.8) is 0 Å². The van der Waals surface area contributed by atoms with E-state index >= 15 is 0 Å². The number of aromatic nitrogens is 2. The van der Waals surface area contributed by atoms with Gasteiger partial charge in [0.05, 0.1) is 17.2 Å². The lowest BCUT2D eigenvalue weighted by molar-refractivity contribution is -0.131. The second-order valence-electron chi connectivity index (χ2n) is 9.60. The number of amides is 1. The number of hydrogen-bond acceptors (Lipinski definition) is 5. The molecule has 1 fully saturated rings. The number of nitrogens with zero attached hydrogens (tertiary/aromatic N) is 4. The number of hydrogen-bond donors (Lipinski definition) is 1. The van der Waals surface area contributed by atoms with Crippen molar-refractivity contribution in [1.29, 1.82) is 0 Å². The van der Waals surface area contributed by atoms with Crippen molar-refractivity contribution >= 4 is 33.7 Å². The predicted molar refractivity (Wildman–Crippen MR) is 147 cm³/mol. The van der Waals surface area contributed by atoms with E-state index in [1.54, 1.807) is 12.1 Å². The molecule has 0 bridgehead atoms. The van der Waals surface area contributed by atoms with Crippen LogP contribution in [-0.4, -0.2) is 45.4 Å². The summed E-state index contributed by atoms with van der Waals surface area (Å²) in [5, 5.41) is 10.8. The van der Waals surface area contributed by atoms with E-state index in [1.165, 1.54) is 34.6 Å². The van der Waals surface area contributed by atoms with E-state index in [2.05, 4.69) is 40.6 Å². The molecule has 0 spiro atoms. The zero-order chi connectivity index (χ0) is 26.1. The maximum atomic E-state index is 13.5. The molecule has 1 amide bonds. The fourth-order valence-electron chi connectivity index (χ4n) is 5.31. The first-order valence-corrected chi connectivity index (χ1v) is 13.8. The van der Waals surface area contributed by atoms with Crippen LogP contribution in [0.4, 0.5) is 15.3 Å². The normalized spacial score (nSPS) is 14.5. The third kappa shape index (κ3) is 4.88. The minimum absolute atomic E-state index is 0.128. The van der Waals surface area contributed by atoms with Crippen molar-refractivity contribution in [3.8, 4) is 11.3 Å². The van der Waals surface area contributed by atoms with Crippen molar-refractivity contribution in [1.82, 2.24) is 14.3 Å². The Balaban J connectivity index is 1.49. The summed E-state index contributed by atoms with van der Waals surface area (Å²) in [7, 11) is 2.01. The molecule has 1 aromatic carbocycles. The maximum absolute atomic E-state index is 13.5. The fourth-order valence-corrected chi connectivity index (χ4v) is 6.21. The largest absolute Gasteiger partial charge is 0.391 e. The van der Waals surface area contributed by atoms with Crippen molar-refractivity contribution in [2.75, 3.05) is 25.0 Å². The Morgan fingerprint density at radius 1 is 1.16 bits per heavy atom. The standard InChI is InChI=1S/C29H33FN4O2S/c1-4-19-16-24-11-8-22(20-12-14-33(15-13-20)26(36)5-2)17-34(24)28(19)32(3)29-31-27(25(18-35)37-29)21-6-9-23(30)10-7-21/h6-11,16-17,20,35H,4-5,12-15,18H2,1-3H3. The number of benzene rings is 1. The van der Waals surface area contributed by atoms with Crippen LogP contribution >= 0.6 is 11.3 Å². The van der Waals surface area contributed by atoms with Gasteiger partial charge in [-0.3, -0.25) is 4.79 Å². The number of likely N-dealkylation sites (tertiary alicyclic amines) is 1. The summed E-state index contributed by atoms with van der Waals surface area (Å²) >= 11 is 1.45. The van der Waals surface area contributed by atoms with Crippen LogP contribution in [0.5, 0.6) is 0 Å². The van der Waals surface area contributed by atoms with E-state index in [1.807, 2.05) is 18.9 Å². The quantitative estimate of drug-likeness (QED) is 0.318. The number of halogens is 1. The number of rotatable bonds is 7. The number of anilines is 2. The van der Waals surface area contributed by atoms with Crippen molar-refractivity contribution < 1.29 is 14.3 Å². The van der Waals surface area contributed by atoms with Gasteiger partial charge in [0, 0.05) is 43.8 Å². The van der Waals surface area contributed by atoms with E-state index in [0.29, 0.717) is 18.0 Å². The van der Waals surface area contributed by atoms with Gasteiger partial charge in [0.1, 0.15) is 11.6 Å². The first kappa shape index (κ1) is 25.4. The Labute approximate surface area is 221 Å². The minimum atomic E-state index is -0.299. The summed E-state index contributed by atoms with van der Waals surface area (Å²) in [6.07, 6.45) is 5.61. The first-order chi connectivity index (χ1) is 17.9. The molecule has 1 aliphatic rings. The van der Waals surface area contributed by atoms with Gasteiger partial charge in [0.25, 0.3) is 0 Å². The van der Waals surface area contributed by atoms with Crippen LogP contribution in [0.15, 0.2) is 48.7 Å². The maximum Gasteiger partial charge on any atom is 0.222 e. The van der Waals surface area contributed by atoms with Gasteiger partial charge in [-0.15, -0.1) is 0 Å². The number of aliphatic hydroxyl groups excluding tert-OH is 1. The molecule has 0 atom stereocenters. The van der Waals surface area contributed by atoms with Crippen molar-refractivity contribution in [2.45, 2.75) is 52.1 Å². The van der Waals surface area contributed by atoms with E-state index in [4.69, 9.17) is 4.98 Å². The van der Waals surface area contributed by atoms with Crippen LogP contribution in [0.3, 0.4) is 0 Å². The molecule has 8 heteroatoms. The van der Waals surface area contributed by atoms with Gasteiger partial charge in [0.2, 0.25) is 5.91 Å². The molecule has 1 N–H and O–H groups in total. The van der Waals surface area contributed by atoms with Gasteiger partial charge >= 0.3 is 0 Å². The molecule has 4 heterocycles. The highest BCUT2D eigenvalue weighted by Crippen LogP contribution is 2.39. The van der Waals surface area contributed by atoms with Crippen molar-refractivity contribution in [3.05, 3.63) is 70.5 Å². The molecular weight excluding hydrogens is 487 g/mol. The lowest BCUT2D eigenvalue weighted by atomic mass is 9.90. The molecule has 37 heavy (non-hydrogen) atoms. The number of carbonyl (C=O) groups excluding carboxylic acids is 1. The van der Waals surface area contributed by atoms with Crippen LogP contribution in [0, 0.1) is 5.82 Å². The lowest BCUT2D eigenvalue weighted by Gasteiger charge is -2.32. The molecule has 4 aromatic rings. The van der Waals surface area contributed by atoms with E-state index in [-0.39, 0.29) is 18.3 Å². The highest BCUT2D eigenvalue weighted by Gasteiger charge is 2.25. The highest BCUT2D eigenvalue weighted by molar-refractivity contribution is 7.16. The summed E-state index contributed by atoms with van der Waals surface area (Å²) in [6, 6.07) is 12.9. The second kappa shape index (κ2) is 10.6. The molecule has 3 aromatic heterocycles. The summed E-state index contributed by atoms with van der Waals surface area (Å²) in [4.78, 5) is 21.8. The topological polar surface area (TPSA) is 61.1 Å². The Morgan fingerprint density at radius 3 is 2.54 bits per heavy atom. The van der Waals surface area contributed by atoms with E-state index < -0.39 is 0 Å². The summed E-state index contributed by atoms with van der Waals surface area (Å²) in [6.45, 7) is 5.56. The number of aliphatic hydroxyl groups is 1. The highest BCUT2D eigenvalue weighted by atomic mass is 32.1. The molecule has 5 rings (SSSR count). The van der Waals surface area contributed by atoms with Crippen LogP contribution in [-0.2, 0) is 17.8 Å². The molecule has 0 aliphatic carbocycles. The second-order valence-corrected chi connectivity index (χ2v) is 10.7. The van der Waals surface area contributed by atoms with Gasteiger partial charge in [-0.25, -0.2) is 9.37 Å². The molecule has 1 saturated heterocycles. The number of aryl methyl sites for hydroxylation is 1. The molecule has 0 radical (unpaired) electrons. The molecule has 6 nitrogen and oxygen atoms in total. The monoisotopic (exact) mass is 520 g/mol. The molecule has 0 saturated carbocycles. The molecule has 194 valence electrons. The third-order valence-corrected chi connectivity index (χ3v) is 8.51.